The summed E-state index contributed by atoms with van der Waals surface area (Å²) in [5.74, 6) is 0. The van der Waals surface area contributed by atoms with E-state index in [1.165, 1.54) is 15.4 Å². The quantitative estimate of drug-likeness (QED) is 0.837. The SMILES string of the molecule is CCNC(C)Cc1ccc(Sc2ccccc2)cc1. The highest BCUT2D eigenvalue weighted by atomic mass is 32.2. The zero-order valence-corrected chi connectivity index (χ0v) is 12.4. The van der Waals surface area contributed by atoms with Crippen molar-refractivity contribution < 1.29 is 0 Å². The molecule has 2 aromatic carbocycles. The lowest BCUT2D eigenvalue weighted by molar-refractivity contribution is 0.565. The molecule has 0 heterocycles. The summed E-state index contributed by atoms with van der Waals surface area (Å²) >= 11 is 1.81. The van der Waals surface area contributed by atoms with Crippen molar-refractivity contribution in [2.45, 2.75) is 36.1 Å². The van der Waals surface area contributed by atoms with Crippen LogP contribution in [0.1, 0.15) is 19.4 Å². The van der Waals surface area contributed by atoms with E-state index in [0.29, 0.717) is 6.04 Å². The number of nitrogens with one attached hydrogen (secondary N) is 1. The van der Waals surface area contributed by atoms with Crippen LogP contribution in [0.4, 0.5) is 0 Å². The monoisotopic (exact) mass is 271 g/mol. The smallest absolute Gasteiger partial charge is 0.0122 e. The van der Waals surface area contributed by atoms with Gasteiger partial charge >= 0.3 is 0 Å². The highest BCUT2D eigenvalue weighted by molar-refractivity contribution is 7.99. The van der Waals surface area contributed by atoms with Crippen LogP contribution in [0.25, 0.3) is 0 Å². The highest BCUT2D eigenvalue weighted by Gasteiger charge is 2.02. The molecule has 0 radical (unpaired) electrons. The number of hydrogen-bond donors (Lipinski definition) is 1. The molecule has 1 atom stereocenters. The Morgan fingerprint density at radius 1 is 0.947 bits per heavy atom. The fourth-order valence-corrected chi connectivity index (χ4v) is 2.93. The molecule has 0 bridgehead atoms. The van der Waals surface area contributed by atoms with E-state index in [-0.39, 0.29) is 0 Å². The molecule has 1 nitrogen and oxygen atoms in total. The van der Waals surface area contributed by atoms with E-state index in [9.17, 15) is 0 Å². The zero-order valence-electron chi connectivity index (χ0n) is 11.6. The van der Waals surface area contributed by atoms with E-state index in [4.69, 9.17) is 0 Å². The van der Waals surface area contributed by atoms with Gasteiger partial charge in [0, 0.05) is 15.8 Å². The lowest BCUT2D eigenvalue weighted by atomic mass is 10.1. The number of likely N-dealkylation sites (N-methyl/N-ethyl adjacent to an activating group) is 1. The van der Waals surface area contributed by atoms with Crippen LogP contribution in [-0.4, -0.2) is 12.6 Å². The van der Waals surface area contributed by atoms with Gasteiger partial charge in [-0.1, -0.05) is 49.0 Å². The number of hydrogen-bond acceptors (Lipinski definition) is 2. The summed E-state index contributed by atoms with van der Waals surface area (Å²) in [6.07, 6.45) is 1.09. The lowest BCUT2D eigenvalue weighted by Gasteiger charge is -2.12. The van der Waals surface area contributed by atoms with Crippen LogP contribution >= 0.6 is 11.8 Å². The van der Waals surface area contributed by atoms with Gasteiger partial charge in [-0.3, -0.25) is 0 Å². The highest BCUT2D eigenvalue weighted by Crippen LogP contribution is 2.27. The van der Waals surface area contributed by atoms with Crippen molar-refractivity contribution in [3.05, 3.63) is 60.2 Å². The largest absolute Gasteiger partial charge is 0.314 e. The van der Waals surface area contributed by atoms with E-state index in [2.05, 4.69) is 73.8 Å². The Balaban J connectivity index is 1.95. The maximum Gasteiger partial charge on any atom is 0.0122 e. The summed E-state index contributed by atoms with van der Waals surface area (Å²) < 4.78 is 0. The van der Waals surface area contributed by atoms with Crippen molar-refractivity contribution in [2.75, 3.05) is 6.54 Å². The molecule has 0 amide bonds. The van der Waals surface area contributed by atoms with Crippen LogP contribution in [-0.2, 0) is 6.42 Å². The van der Waals surface area contributed by atoms with Gasteiger partial charge < -0.3 is 5.32 Å². The van der Waals surface area contributed by atoms with Gasteiger partial charge in [0.15, 0.2) is 0 Å². The molecule has 2 rings (SSSR count). The molecule has 0 saturated carbocycles. The van der Waals surface area contributed by atoms with Crippen molar-refractivity contribution in [1.29, 1.82) is 0 Å². The van der Waals surface area contributed by atoms with Gasteiger partial charge in [0.25, 0.3) is 0 Å². The summed E-state index contributed by atoms with van der Waals surface area (Å²) in [7, 11) is 0. The first-order valence-corrected chi connectivity index (χ1v) is 7.65. The average molecular weight is 271 g/mol. The summed E-state index contributed by atoms with van der Waals surface area (Å²) in [4.78, 5) is 2.59. The molecule has 0 saturated heterocycles. The van der Waals surface area contributed by atoms with Gasteiger partial charge in [-0.2, -0.15) is 0 Å². The molecule has 19 heavy (non-hydrogen) atoms. The molecule has 0 spiro atoms. The third kappa shape index (κ3) is 4.73. The van der Waals surface area contributed by atoms with Gasteiger partial charge in [0.1, 0.15) is 0 Å². The maximum absolute atomic E-state index is 3.44. The molecule has 0 fully saturated rings. The van der Waals surface area contributed by atoms with E-state index in [1.54, 1.807) is 0 Å². The van der Waals surface area contributed by atoms with Crippen LogP contribution in [0.5, 0.6) is 0 Å². The summed E-state index contributed by atoms with van der Waals surface area (Å²) in [6.45, 7) is 5.41. The minimum absolute atomic E-state index is 0.539. The minimum Gasteiger partial charge on any atom is -0.314 e. The Morgan fingerprint density at radius 3 is 2.21 bits per heavy atom. The molecule has 1 unspecified atom stereocenters. The third-order valence-corrected chi connectivity index (χ3v) is 4.01. The van der Waals surface area contributed by atoms with Crippen LogP contribution in [0.15, 0.2) is 64.4 Å². The molecular weight excluding hydrogens is 250 g/mol. The van der Waals surface area contributed by atoms with Crippen LogP contribution in [0, 0.1) is 0 Å². The van der Waals surface area contributed by atoms with E-state index in [0.717, 1.165) is 13.0 Å². The first kappa shape index (κ1) is 14.2. The van der Waals surface area contributed by atoms with Crippen molar-refractivity contribution in [2.24, 2.45) is 0 Å². The molecule has 0 aliphatic heterocycles. The van der Waals surface area contributed by atoms with Gasteiger partial charge in [0.05, 0.1) is 0 Å². The predicted molar refractivity (Wildman–Crippen MR) is 83.8 cm³/mol. The van der Waals surface area contributed by atoms with Gasteiger partial charge in [-0.15, -0.1) is 0 Å². The van der Waals surface area contributed by atoms with Crippen LogP contribution in [0.3, 0.4) is 0 Å². The van der Waals surface area contributed by atoms with Crippen molar-refractivity contribution >= 4 is 11.8 Å². The molecule has 0 aliphatic rings. The Labute approximate surface area is 120 Å². The molecular formula is C17H21NS. The Hall–Kier alpha value is -1.25. The zero-order chi connectivity index (χ0) is 13.5. The van der Waals surface area contributed by atoms with E-state index in [1.807, 2.05) is 11.8 Å². The van der Waals surface area contributed by atoms with Crippen LogP contribution in [0.2, 0.25) is 0 Å². The van der Waals surface area contributed by atoms with E-state index >= 15 is 0 Å². The Bertz CT molecular complexity index is 478. The normalized spacial score (nSPS) is 12.3. The maximum atomic E-state index is 3.44. The second-order valence-electron chi connectivity index (χ2n) is 4.72. The molecule has 2 heteroatoms. The Kier molecular flexibility index (Phi) is 5.49. The van der Waals surface area contributed by atoms with E-state index < -0.39 is 0 Å². The third-order valence-electron chi connectivity index (χ3n) is 3.00. The summed E-state index contributed by atoms with van der Waals surface area (Å²) in [5.41, 5.74) is 1.39. The summed E-state index contributed by atoms with van der Waals surface area (Å²) in [5, 5.41) is 3.44. The van der Waals surface area contributed by atoms with Crippen LogP contribution < -0.4 is 5.32 Å². The molecule has 0 aliphatic carbocycles. The second kappa shape index (κ2) is 7.37. The number of benzene rings is 2. The van der Waals surface area contributed by atoms with Gasteiger partial charge in [0.2, 0.25) is 0 Å². The minimum atomic E-state index is 0.539. The first-order chi connectivity index (χ1) is 9.28. The molecule has 0 aromatic heterocycles. The van der Waals surface area contributed by atoms with Crippen molar-refractivity contribution in [3.63, 3.8) is 0 Å². The average Bonchev–Trinajstić information content (AvgIpc) is 2.42. The van der Waals surface area contributed by atoms with Crippen molar-refractivity contribution in [1.82, 2.24) is 5.32 Å². The molecule has 2 aromatic rings. The topological polar surface area (TPSA) is 12.0 Å². The second-order valence-corrected chi connectivity index (χ2v) is 5.87. The fraction of sp³-hybridized carbons (Fsp3) is 0.294. The first-order valence-electron chi connectivity index (χ1n) is 6.83. The summed E-state index contributed by atoms with van der Waals surface area (Å²) in [6, 6.07) is 19.9. The van der Waals surface area contributed by atoms with Crippen molar-refractivity contribution in [3.8, 4) is 0 Å². The standard InChI is InChI=1S/C17H21NS/c1-3-18-14(2)13-15-9-11-17(12-10-15)19-16-7-5-4-6-8-16/h4-12,14,18H,3,13H2,1-2H3. The lowest BCUT2D eigenvalue weighted by Crippen LogP contribution is -2.27. The number of rotatable bonds is 6. The fourth-order valence-electron chi connectivity index (χ4n) is 2.09. The Morgan fingerprint density at radius 2 is 1.58 bits per heavy atom. The van der Waals surface area contributed by atoms with Gasteiger partial charge in [-0.05, 0) is 49.7 Å². The molecule has 1 N–H and O–H groups in total. The van der Waals surface area contributed by atoms with Gasteiger partial charge in [-0.25, -0.2) is 0 Å². The predicted octanol–water partition coefficient (Wildman–Crippen LogP) is 4.38. The molecule has 100 valence electrons.